The van der Waals surface area contributed by atoms with Crippen LogP contribution in [0.4, 0.5) is 0 Å². The highest BCUT2D eigenvalue weighted by Crippen LogP contribution is 2.01. The van der Waals surface area contributed by atoms with Crippen LogP contribution in [0.5, 0.6) is 0 Å². The maximum absolute atomic E-state index is 11.8. The van der Waals surface area contributed by atoms with Crippen LogP contribution < -0.4 is 10.6 Å². The molecular formula is C21H24N2O3S. The van der Waals surface area contributed by atoms with Crippen LogP contribution in [-0.2, 0) is 27.2 Å². The van der Waals surface area contributed by atoms with Gasteiger partial charge in [0, 0.05) is 19.4 Å². The minimum atomic E-state index is -0.385. The van der Waals surface area contributed by atoms with Crippen LogP contribution in [0.3, 0.4) is 0 Å². The van der Waals surface area contributed by atoms with Crippen molar-refractivity contribution in [2.24, 2.45) is 0 Å². The summed E-state index contributed by atoms with van der Waals surface area (Å²) in [5.74, 6) is -0.684. The Bertz CT molecular complexity index is 736. The Balaban J connectivity index is 1.54. The number of hydrogen-bond donors (Lipinski definition) is 2. The highest BCUT2D eigenvalue weighted by Gasteiger charge is 2.09. The van der Waals surface area contributed by atoms with Gasteiger partial charge in [0.25, 0.3) is 0 Å². The van der Waals surface area contributed by atoms with Gasteiger partial charge in [0.2, 0.25) is 5.91 Å². The number of hydrogen-bond acceptors (Lipinski definition) is 4. The molecule has 0 fully saturated rings. The number of amides is 1. The molecule has 0 aliphatic carbocycles. The first-order valence-corrected chi connectivity index (χ1v) is 9.35. The van der Waals surface area contributed by atoms with Gasteiger partial charge in [-0.3, -0.25) is 9.59 Å². The average molecular weight is 385 g/mol. The van der Waals surface area contributed by atoms with Crippen LogP contribution in [0, 0.1) is 0 Å². The summed E-state index contributed by atoms with van der Waals surface area (Å²) in [6.45, 7) is 0.939. The molecule has 0 unspecified atom stereocenters. The van der Waals surface area contributed by atoms with E-state index >= 15 is 0 Å². The molecular weight excluding hydrogens is 360 g/mol. The largest absolute Gasteiger partial charge is 0.465 e. The van der Waals surface area contributed by atoms with Crippen LogP contribution in [-0.4, -0.2) is 30.1 Å². The summed E-state index contributed by atoms with van der Waals surface area (Å²) in [6, 6.07) is 19.8. The van der Waals surface area contributed by atoms with Crippen molar-refractivity contribution in [1.29, 1.82) is 0 Å². The molecule has 0 bridgehead atoms. The van der Waals surface area contributed by atoms with E-state index in [9.17, 15) is 9.59 Å². The molecule has 0 aliphatic rings. The van der Waals surface area contributed by atoms with Gasteiger partial charge in [0.1, 0.15) is 0 Å². The molecule has 2 N–H and O–H groups in total. The monoisotopic (exact) mass is 384 g/mol. The van der Waals surface area contributed by atoms with E-state index in [1.165, 1.54) is 5.56 Å². The topological polar surface area (TPSA) is 67.4 Å². The van der Waals surface area contributed by atoms with Crippen molar-refractivity contribution in [2.75, 3.05) is 13.2 Å². The summed E-state index contributed by atoms with van der Waals surface area (Å²) >= 11 is 5.09. The van der Waals surface area contributed by atoms with Gasteiger partial charge in [0.05, 0.1) is 13.0 Å². The van der Waals surface area contributed by atoms with E-state index in [-0.39, 0.29) is 29.8 Å². The Kier molecular flexibility index (Phi) is 9.00. The first-order chi connectivity index (χ1) is 13.1. The molecule has 0 saturated carbocycles. The number of ether oxygens (including phenoxy) is 1. The van der Waals surface area contributed by atoms with E-state index in [1.54, 1.807) is 0 Å². The van der Waals surface area contributed by atoms with Gasteiger partial charge in [-0.2, -0.15) is 0 Å². The Hall–Kier alpha value is -2.73. The van der Waals surface area contributed by atoms with E-state index in [0.717, 1.165) is 12.0 Å². The summed E-state index contributed by atoms with van der Waals surface area (Å²) in [5, 5.41) is 5.83. The molecule has 2 aromatic rings. The van der Waals surface area contributed by atoms with Crippen molar-refractivity contribution in [2.45, 2.75) is 25.7 Å². The lowest BCUT2D eigenvalue weighted by atomic mass is 10.1. The fourth-order valence-corrected chi connectivity index (χ4v) is 2.63. The molecule has 1 amide bonds. The number of carbonyl (C=O) groups is 2. The first-order valence-electron chi connectivity index (χ1n) is 8.94. The van der Waals surface area contributed by atoms with Gasteiger partial charge < -0.3 is 15.4 Å². The second-order valence-corrected chi connectivity index (χ2v) is 6.40. The van der Waals surface area contributed by atoms with Crippen LogP contribution >= 0.6 is 12.2 Å². The number of nitrogens with one attached hydrogen (secondary N) is 2. The Morgan fingerprint density at radius 2 is 1.44 bits per heavy atom. The van der Waals surface area contributed by atoms with Gasteiger partial charge in [-0.05, 0) is 29.8 Å². The van der Waals surface area contributed by atoms with Gasteiger partial charge in [-0.1, -0.05) is 60.7 Å². The number of esters is 1. The van der Waals surface area contributed by atoms with Crippen molar-refractivity contribution in [3.63, 3.8) is 0 Å². The smallest absolute Gasteiger partial charge is 0.306 e. The molecule has 0 aliphatic heterocycles. The maximum Gasteiger partial charge on any atom is 0.306 e. The third kappa shape index (κ3) is 8.96. The van der Waals surface area contributed by atoms with Crippen molar-refractivity contribution in [1.82, 2.24) is 10.6 Å². The summed E-state index contributed by atoms with van der Waals surface area (Å²) < 4.78 is 5.15. The minimum Gasteiger partial charge on any atom is -0.465 e. The Labute approximate surface area is 165 Å². The third-order valence-electron chi connectivity index (χ3n) is 3.85. The van der Waals surface area contributed by atoms with E-state index in [1.807, 2.05) is 60.7 Å². The fourth-order valence-electron chi connectivity index (χ4n) is 2.41. The van der Waals surface area contributed by atoms with Crippen LogP contribution in [0.15, 0.2) is 60.7 Å². The first kappa shape index (κ1) is 20.6. The second kappa shape index (κ2) is 11.8. The van der Waals surface area contributed by atoms with Gasteiger partial charge in [-0.25, -0.2) is 0 Å². The molecule has 0 aromatic heterocycles. The van der Waals surface area contributed by atoms with Crippen molar-refractivity contribution in [3.8, 4) is 0 Å². The number of rotatable bonds is 9. The normalized spacial score (nSPS) is 10.1. The quantitative estimate of drug-likeness (QED) is 0.514. The predicted octanol–water partition coefficient (Wildman–Crippen LogP) is 2.79. The number of thiocarbonyl (C=S) groups is 1. The standard InChI is InChI=1S/C21H24N2O3S/c24-19(23-21(27)22-15-13-17-7-3-1-4-8-17)11-12-20(25)26-16-14-18-9-5-2-6-10-18/h1-10H,11-16H2,(H2,22,23,24,27). The summed E-state index contributed by atoms with van der Waals surface area (Å²) in [6.07, 6.45) is 1.55. The van der Waals surface area contributed by atoms with Crippen LogP contribution in [0.2, 0.25) is 0 Å². The summed E-state index contributed by atoms with van der Waals surface area (Å²) in [7, 11) is 0. The van der Waals surface area contributed by atoms with Gasteiger partial charge in [0.15, 0.2) is 5.11 Å². The molecule has 0 heterocycles. The lowest BCUT2D eigenvalue weighted by Gasteiger charge is -2.09. The van der Waals surface area contributed by atoms with Crippen molar-refractivity contribution in [3.05, 3.63) is 71.8 Å². The van der Waals surface area contributed by atoms with Gasteiger partial charge in [-0.15, -0.1) is 0 Å². The molecule has 142 valence electrons. The van der Waals surface area contributed by atoms with Crippen LogP contribution in [0.25, 0.3) is 0 Å². The molecule has 5 nitrogen and oxygen atoms in total. The molecule has 0 saturated heterocycles. The highest BCUT2D eigenvalue weighted by atomic mass is 32.1. The lowest BCUT2D eigenvalue weighted by Crippen LogP contribution is -2.40. The van der Waals surface area contributed by atoms with E-state index in [4.69, 9.17) is 17.0 Å². The molecule has 2 aromatic carbocycles. The zero-order valence-electron chi connectivity index (χ0n) is 15.1. The van der Waals surface area contributed by atoms with Crippen molar-refractivity contribution < 1.29 is 14.3 Å². The molecule has 6 heteroatoms. The summed E-state index contributed by atoms with van der Waals surface area (Å²) in [4.78, 5) is 23.5. The Morgan fingerprint density at radius 1 is 0.852 bits per heavy atom. The zero-order valence-corrected chi connectivity index (χ0v) is 16.0. The molecule has 2 rings (SSSR count). The number of benzene rings is 2. The van der Waals surface area contributed by atoms with E-state index in [0.29, 0.717) is 19.6 Å². The molecule has 27 heavy (non-hydrogen) atoms. The lowest BCUT2D eigenvalue weighted by molar-refractivity contribution is -0.144. The Morgan fingerprint density at radius 3 is 2.07 bits per heavy atom. The minimum absolute atomic E-state index is 0.0350. The second-order valence-electron chi connectivity index (χ2n) is 6.00. The highest BCUT2D eigenvalue weighted by molar-refractivity contribution is 7.80. The maximum atomic E-state index is 11.8. The zero-order chi connectivity index (χ0) is 19.3. The fraction of sp³-hybridized carbons (Fsp3) is 0.286. The third-order valence-corrected chi connectivity index (χ3v) is 4.09. The van der Waals surface area contributed by atoms with Gasteiger partial charge >= 0.3 is 5.97 Å². The number of carbonyl (C=O) groups excluding carboxylic acids is 2. The summed E-state index contributed by atoms with van der Waals surface area (Å²) in [5.41, 5.74) is 2.30. The SMILES string of the molecule is O=C(CCC(=O)OCCc1ccccc1)NC(=S)NCCc1ccccc1. The average Bonchev–Trinajstić information content (AvgIpc) is 2.68. The van der Waals surface area contributed by atoms with Crippen molar-refractivity contribution >= 4 is 29.2 Å². The molecule has 0 radical (unpaired) electrons. The molecule has 0 spiro atoms. The van der Waals surface area contributed by atoms with E-state index < -0.39 is 0 Å². The predicted molar refractivity (Wildman–Crippen MR) is 109 cm³/mol. The van der Waals surface area contributed by atoms with Crippen LogP contribution in [0.1, 0.15) is 24.0 Å². The van der Waals surface area contributed by atoms with E-state index in [2.05, 4.69) is 10.6 Å². The molecule has 0 atom stereocenters.